The number of imidazole rings is 1. The molecule has 1 unspecified atom stereocenters. The second kappa shape index (κ2) is 7.76. The lowest BCUT2D eigenvalue weighted by Gasteiger charge is -2.24. The number of benzene rings is 1. The predicted octanol–water partition coefficient (Wildman–Crippen LogP) is 2.72. The van der Waals surface area contributed by atoms with Gasteiger partial charge in [0.2, 0.25) is 0 Å². The van der Waals surface area contributed by atoms with Gasteiger partial charge in [0.15, 0.2) is 0 Å². The molecule has 0 radical (unpaired) electrons. The van der Waals surface area contributed by atoms with Gasteiger partial charge in [0.05, 0.1) is 0 Å². The van der Waals surface area contributed by atoms with E-state index in [1.54, 1.807) is 6.20 Å². The number of carbonyl (C=O) groups is 1. The summed E-state index contributed by atoms with van der Waals surface area (Å²) in [6.07, 6.45) is 5.52. The molecule has 2 aliphatic rings. The highest BCUT2D eigenvalue weighted by atomic mass is 19.1. The molecular weight excluding hydrogens is 350 g/mol. The number of rotatable bonds is 5. The van der Waals surface area contributed by atoms with Crippen molar-refractivity contribution in [3.8, 4) is 0 Å². The Kier molecular flexibility index (Phi) is 5.20. The zero-order valence-corrected chi connectivity index (χ0v) is 15.3. The lowest BCUT2D eigenvalue weighted by atomic mass is 9.91. The summed E-state index contributed by atoms with van der Waals surface area (Å²) < 4.78 is 29.5. The number of likely N-dealkylation sites (tertiary alicyclic amines) is 1. The van der Waals surface area contributed by atoms with Crippen LogP contribution in [0.15, 0.2) is 24.4 Å². The highest BCUT2D eigenvalue weighted by molar-refractivity contribution is 5.92. The maximum absolute atomic E-state index is 14.1. The van der Waals surface area contributed by atoms with Gasteiger partial charge in [0.1, 0.15) is 23.2 Å². The first kappa shape index (κ1) is 18.1. The van der Waals surface area contributed by atoms with Crippen LogP contribution in [-0.2, 0) is 13.0 Å². The van der Waals surface area contributed by atoms with Crippen LogP contribution < -0.4 is 5.32 Å². The lowest BCUT2D eigenvalue weighted by molar-refractivity contribution is 0.0945. The van der Waals surface area contributed by atoms with Crippen molar-refractivity contribution in [2.45, 2.75) is 38.1 Å². The van der Waals surface area contributed by atoms with Crippen LogP contribution in [0.5, 0.6) is 0 Å². The fraction of sp³-hybridized carbons (Fsp3) is 0.500. The van der Waals surface area contributed by atoms with E-state index in [1.165, 1.54) is 25.0 Å². The molecule has 0 bridgehead atoms. The quantitative estimate of drug-likeness (QED) is 0.876. The molecule has 1 aromatic heterocycles. The first-order chi connectivity index (χ1) is 13.1. The van der Waals surface area contributed by atoms with Crippen LogP contribution in [0.3, 0.4) is 0 Å². The topological polar surface area (TPSA) is 50.2 Å². The number of carbonyl (C=O) groups excluding carboxylic acids is 1. The fourth-order valence-electron chi connectivity index (χ4n) is 4.06. The van der Waals surface area contributed by atoms with E-state index in [2.05, 4.69) is 15.2 Å². The van der Waals surface area contributed by atoms with Gasteiger partial charge in [-0.2, -0.15) is 0 Å². The minimum absolute atomic E-state index is 0.117. The van der Waals surface area contributed by atoms with Gasteiger partial charge in [-0.15, -0.1) is 0 Å². The molecule has 2 aliphatic heterocycles. The Hall–Kier alpha value is -2.28. The van der Waals surface area contributed by atoms with Gasteiger partial charge in [0, 0.05) is 38.2 Å². The smallest absolute Gasteiger partial charge is 0.271 e. The minimum atomic E-state index is -0.430. The van der Waals surface area contributed by atoms with Gasteiger partial charge < -0.3 is 14.8 Å². The lowest BCUT2D eigenvalue weighted by Crippen LogP contribution is -2.33. The summed E-state index contributed by atoms with van der Waals surface area (Å²) in [4.78, 5) is 19.2. The van der Waals surface area contributed by atoms with Crippen LogP contribution in [-0.4, -0.2) is 46.5 Å². The number of hydrogen-bond donors (Lipinski definition) is 1. The summed E-state index contributed by atoms with van der Waals surface area (Å²) in [5.74, 6) is -0.281. The van der Waals surface area contributed by atoms with Gasteiger partial charge >= 0.3 is 0 Å². The molecule has 3 heterocycles. The summed E-state index contributed by atoms with van der Waals surface area (Å²) in [6, 6.07) is 3.58. The van der Waals surface area contributed by atoms with E-state index >= 15 is 0 Å². The molecule has 27 heavy (non-hydrogen) atoms. The molecule has 2 aromatic rings. The van der Waals surface area contributed by atoms with Crippen molar-refractivity contribution < 1.29 is 13.6 Å². The van der Waals surface area contributed by atoms with E-state index in [0.29, 0.717) is 37.2 Å². The summed E-state index contributed by atoms with van der Waals surface area (Å²) in [5, 5.41) is 2.93. The summed E-state index contributed by atoms with van der Waals surface area (Å²) in [6.45, 7) is 4.18. The molecule has 144 valence electrons. The number of nitrogens with one attached hydrogen (secondary N) is 1. The van der Waals surface area contributed by atoms with E-state index in [9.17, 15) is 13.6 Å². The van der Waals surface area contributed by atoms with Crippen LogP contribution in [0.4, 0.5) is 8.78 Å². The van der Waals surface area contributed by atoms with Crippen LogP contribution in [0, 0.1) is 11.6 Å². The standard InChI is InChI=1S/C20H24F2N4O/c21-15-4-5-17(22)16(11-15)14-3-6-19-24-18(13-26(19)12-14)20(27)23-7-10-25-8-1-2-9-25/h4-5,11,13-14H,1-3,6-10,12H2,(H,23,27). The van der Waals surface area contributed by atoms with Crippen molar-refractivity contribution in [2.75, 3.05) is 26.2 Å². The van der Waals surface area contributed by atoms with Crippen LogP contribution in [0.2, 0.25) is 0 Å². The highest BCUT2D eigenvalue weighted by Crippen LogP contribution is 2.30. The third kappa shape index (κ3) is 4.03. The monoisotopic (exact) mass is 374 g/mol. The number of hydrogen-bond acceptors (Lipinski definition) is 3. The number of aryl methyl sites for hydroxylation is 1. The number of fused-ring (bicyclic) bond motifs is 1. The summed E-state index contributed by atoms with van der Waals surface area (Å²) >= 11 is 0. The number of amides is 1. The average molecular weight is 374 g/mol. The van der Waals surface area contributed by atoms with Gasteiger partial charge in [-0.25, -0.2) is 13.8 Å². The van der Waals surface area contributed by atoms with Crippen molar-refractivity contribution in [1.82, 2.24) is 19.8 Å². The zero-order valence-electron chi connectivity index (χ0n) is 15.3. The zero-order chi connectivity index (χ0) is 18.8. The Labute approximate surface area is 157 Å². The van der Waals surface area contributed by atoms with E-state index in [-0.39, 0.29) is 17.6 Å². The minimum Gasteiger partial charge on any atom is -0.349 e. The van der Waals surface area contributed by atoms with Crippen molar-refractivity contribution in [1.29, 1.82) is 0 Å². The van der Waals surface area contributed by atoms with Crippen molar-refractivity contribution in [3.05, 3.63) is 53.1 Å². The van der Waals surface area contributed by atoms with Gasteiger partial charge in [-0.1, -0.05) is 0 Å². The second-order valence-corrected chi connectivity index (χ2v) is 7.40. The molecule has 1 atom stereocenters. The van der Waals surface area contributed by atoms with Crippen molar-refractivity contribution >= 4 is 5.91 Å². The molecule has 1 saturated heterocycles. The molecule has 7 heteroatoms. The van der Waals surface area contributed by atoms with Crippen molar-refractivity contribution in [3.63, 3.8) is 0 Å². The van der Waals surface area contributed by atoms with Crippen LogP contribution >= 0.6 is 0 Å². The molecule has 1 amide bonds. The molecule has 1 N–H and O–H groups in total. The highest BCUT2D eigenvalue weighted by Gasteiger charge is 2.25. The second-order valence-electron chi connectivity index (χ2n) is 7.40. The molecular formula is C20H24F2N4O. The molecule has 1 aromatic carbocycles. The van der Waals surface area contributed by atoms with Gasteiger partial charge in [-0.3, -0.25) is 4.79 Å². The number of nitrogens with zero attached hydrogens (tertiary/aromatic N) is 3. The first-order valence-corrected chi connectivity index (χ1v) is 9.62. The molecule has 0 saturated carbocycles. The maximum atomic E-state index is 14.1. The Balaban J connectivity index is 1.39. The van der Waals surface area contributed by atoms with Crippen LogP contribution in [0.1, 0.15) is 47.1 Å². The van der Waals surface area contributed by atoms with Gasteiger partial charge in [0.25, 0.3) is 5.91 Å². The fourth-order valence-corrected chi connectivity index (χ4v) is 4.06. The predicted molar refractivity (Wildman–Crippen MR) is 97.7 cm³/mol. The van der Waals surface area contributed by atoms with Gasteiger partial charge in [-0.05, 0) is 56.1 Å². The Morgan fingerprint density at radius 2 is 2.07 bits per heavy atom. The summed E-state index contributed by atoms with van der Waals surface area (Å²) in [5.41, 5.74) is 0.790. The largest absolute Gasteiger partial charge is 0.349 e. The third-order valence-corrected chi connectivity index (χ3v) is 5.54. The third-order valence-electron chi connectivity index (χ3n) is 5.54. The first-order valence-electron chi connectivity index (χ1n) is 9.62. The van der Waals surface area contributed by atoms with E-state index in [4.69, 9.17) is 0 Å². The maximum Gasteiger partial charge on any atom is 0.271 e. The Morgan fingerprint density at radius 3 is 2.89 bits per heavy atom. The van der Waals surface area contributed by atoms with E-state index in [0.717, 1.165) is 31.5 Å². The molecule has 0 spiro atoms. The SMILES string of the molecule is O=C(NCCN1CCCC1)c1cn2c(n1)CCC(c1cc(F)ccc1F)C2. The van der Waals surface area contributed by atoms with E-state index < -0.39 is 5.82 Å². The normalized spacial score (nSPS) is 19.9. The van der Waals surface area contributed by atoms with E-state index in [1.807, 2.05) is 4.57 Å². The van der Waals surface area contributed by atoms with Crippen molar-refractivity contribution in [2.24, 2.45) is 0 Å². The molecule has 1 fully saturated rings. The Morgan fingerprint density at radius 1 is 1.26 bits per heavy atom. The Bertz CT molecular complexity index is 829. The molecule has 0 aliphatic carbocycles. The number of aromatic nitrogens is 2. The average Bonchev–Trinajstić information content (AvgIpc) is 3.32. The number of halogens is 2. The molecule has 5 nitrogen and oxygen atoms in total. The van der Waals surface area contributed by atoms with Crippen LogP contribution in [0.25, 0.3) is 0 Å². The summed E-state index contributed by atoms with van der Waals surface area (Å²) in [7, 11) is 0. The molecule has 4 rings (SSSR count).